The van der Waals surface area contributed by atoms with Crippen LogP contribution in [0.2, 0.25) is 0 Å². The Hall–Kier alpha value is -2.21. The lowest BCUT2D eigenvalue weighted by Gasteiger charge is -2.02. The van der Waals surface area contributed by atoms with Gasteiger partial charge in [0.1, 0.15) is 11.8 Å². The van der Waals surface area contributed by atoms with Crippen molar-refractivity contribution >= 4 is 11.0 Å². The number of aromatic nitrogens is 4. The van der Waals surface area contributed by atoms with Crippen molar-refractivity contribution in [2.75, 3.05) is 6.54 Å². The predicted molar refractivity (Wildman–Crippen MR) is 71.3 cm³/mol. The molecule has 0 aliphatic rings. The van der Waals surface area contributed by atoms with E-state index < -0.39 is 0 Å². The van der Waals surface area contributed by atoms with Crippen LogP contribution in [0.3, 0.4) is 0 Å². The van der Waals surface area contributed by atoms with E-state index in [9.17, 15) is 0 Å². The number of rotatable bonds is 5. The number of nitrogens with two attached hydrogens (primary N) is 1. The first-order valence-electron chi connectivity index (χ1n) is 6.33. The first-order valence-corrected chi connectivity index (χ1v) is 6.33. The molecule has 2 N–H and O–H groups in total. The third-order valence-corrected chi connectivity index (χ3v) is 3.08. The molecule has 0 saturated heterocycles. The van der Waals surface area contributed by atoms with Crippen LogP contribution in [0.25, 0.3) is 22.4 Å². The van der Waals surface area contributed by atoms with Gasteiger partial charge in [0.15, 0.2) is 5.82 Å². The third kappa shape index (κ3) is 2.22. The van der Waals surface area contributed by atoms with E-state index >= 15 is 0 Å². The molecule has 6 heteroatoms. The van der Waals surface area contributed by atoms with Gasteiger partial charge in [-0.1, -0.05) is 18.2 Å². The number of aryl methyl sites for hydroxylation is 1. The monoisotopic (exact) mass is 257 g/mol. The molecule has 19 heavy (non-hydrogen) atoms. The van der Waals surface area contributed by atoms with Crippen molar-refractivity contribution < 1.29 is 4.42 Å². The lowest BCUT2D eigenvalue weighted by atomic mass is 10.1. The fourth-order valence-electron chi connectivity index (χ4n) is 2.11. The Labute approximate surface area is 110 Å². The van der Waals surface area contributed by atoms with Gasteiger partial charge in [-0.3, -0.25) is 0 Å². The molecule has 0 atom stereocenters. The Balaban J connectivity index is 1.96. The predicted octanol–water partition coefficient (Wildman–Crippen LogP) is 1.83. The molecule has 0 aliphatic heterocycles. The second-order valence-corrected chi connectivity index (χ2v) is 4.37. The second-order valence-electron chi connectivity index (χ2n) is 4.37. The van der Waals surface area contributed by atoms with Gasteiger partial charge in [0.2, 0.25) is 0 Å². The summed E-state index contributed by atoms with van der Waals surface area (Å²) in [5, 5.41) is 12.9. The summed E-state index contributed by atoms with van der Waals surface area (Å²) in [6.45, 7) is 1.45. The average Bonchev–Trinajstić information content (AvgIpc) is 3.04. The quantitative estimate of drug-likeness (QED) is 0.705. The average molecular weight is 257 g/mol. The van der Waals surface area contributed by atoms with Crippen LogP contribution in [-0.4, -0.2) is 26.8 Å². The van der Waals surface area contributed by atoms with Crippen molar-refractivity contribution in [3.05, 3.63) is 30.5 Å². The van der Waals surface area contributed by atoms with Crippen molar-refractivity contribution in [1.29, 1.82) is 0 Å². The highest BCUT2D eigenvalue weighted by Crippen LogP contribution is 2.28. The van der Waals surface area contributed by atoms with E-state index in [0.29, 0.717) is 6.54 Å². The molecule has 0 unspecified atom stereocenters. The molecular formula is C13H15N5O. The molecule has 0 radical (unpaired) electrons. The molecule has 0 spiro atoms. The highest BCUT2D eigenvalue weighted by atomic mass is 16.3. The summed E-state index contributed by atoms with van der Waals surface area (Å²) in [5.41, 5.74) is 7.27. The lowest BCUT2D eigenvalue weighted by molar-refractivity contribution is 0.548. The van der Waals surface area contributed by atoms with Crippen LogP contribution in [0.15, 0.2) is 34.9 Å². The largest absolute Gasteiger partial charge is 0.464 e. The van der Waals surface area contributed by atoms with E-state index in [1.165, 1.54) is 0 Å². The normalized spacial score (nSPS) is 11.2. The van der Waals surface area contributed by atoms with Gasteiger partial charge >= 0.3 is 0 Å². The Morgan fingerprint density at radius 3 is 3.00 bits per heavy atom. The fourth-order valence-corrected chi connectivity index (χ4v) is 2.11. The maximum atomic E-state index is 5.52. The molecule has 0 amide bonds. The number of hydrogen-bond acceptors (Lipinski definition) is 5. The zero-order chi connectivity index (χ0) is 13.1. The Morgan fingerprint density at radius 2 is 2.11 bits per heavy atom. The van der Waals surface area contributed by atoms with Gasteiger partial charge in [-0.15, -0.1) is 5.10 Å². The maximum absolute atomic E-state index is 5.52. The zero-order valence-electron chi connectivity index (χ0n) is 10.5. The minimum absolute atomic E-state index is 0.687. The van der Waals surface area contributed by atoms with Crippen molar-refractivity contribution in [1.82, 2.24) is 20.2 Å². The molecule has 3 rings (SSSR count). The van der Waals surface area contributed by atoms with Crippen molar-refractivity contribution in [2.24, 2.45) is 5.73 Å². The number of nitrogens with zero attached hydrogens (tertiary/aromatic N) is 4. The summed E-state index contributed by atoms with van der Waals surface area (Å²) < 4.78 is 7.32. The number of unbranched alkanes of at least 4 members (excludes halogenated alkanes) is 1. The number of fused-ring (bicyclic) bond motifs is 1. The molecular weight excluding hydrogens is 242 g/mol. The van der Waals surface area contributed by atoms with Crippen LogP contribution in [0, 0.1) is 0 Å². The highest BCUT2D eigenvalue weighted by molar-refractivity contribution is 5.91. The molecule has 3 aromatic rings. The van der Waals surface area contributed by atoms with Crippen LogP contribution in [0.1, 0.15) is 12.8 Å². The topological polar surface area (TPSA) is 82.8 Å². The highest BCUT2D eigenvalue weighted by Gasteiger charge is 2.14. The molecule has 6 nitrogen and oxygen atoms in total. The molecule has 2 aromatic heterocycles. The van der Waals surface area contributed by atoms with Gasteiger partial charge in [-0.05, 0) is 35.9 Å². The first kappa shape index (κ1) is 11.9. The van der Waals surface area contributed by atoms with Crippen LogP contribution in [0.4, 0.5) is 0 Å². The van der Waals surface area contributed by atoms with Gasteiger partial charge < -0.3 is 10.2 Å². The van der Waals surface area contributed by atoms with E-state index in [2.05, 4.69) is 15.5 Å². The van der Waals surface area contributed by atoms with Gasteiger partial charge in [0.05, 0.1) is 5.56 Å². The van der Waals surface area contributed by atoms with E-state index in [1.807, 2.05) is 24.3 Å². The van der Waals surface area contributed by atoms with E-state index in [-0.39, 0.29) is 0 Å². The molecule has 1 aromatic carbocycles. The zero-order valence-corrected chi connectivity index (χ0v) is 10.5. The van der Waals surface area contributed by atoms with Crippen molar-refractivity contribution in [3.8, 4) is 11.4 Å². The van der Waals surface area contributed by atoms with E-state index in [4.69, 9.17) is 10.2 Å². The number of hydrogen-bond donors (Lipinski definition) is 1. The van der Waals surface area contributed by atoms with Gasteiger partial charge in [-0.25, -0.2) is 4.68 Å². The van der Waals surface area contributed by atoms with Crippen LogP contribution in [0.5, 0.6) is 0 Å². The Bertz CT molecular complexity index is 672. The third-order valence-electron chi connectivity index (χ3n) is 3.08. The molecule has 98 valence electrons. The minimum atomic E-state index is 0.687. The summed E-state index contributed by atoms with van der Waals surface area (Å²) in [5.74, 6) is 0.738. The Kier molecular flexibility index (Phi) is 3.24. The lowest BCUT2D eigenvalue weighted by Crippen LogP contribution is -2.06. The smallest absolute Gasteiger partial charge is 0.185 e. The standard InChI is InChI=1S/C13H15N5O/c14-7-3-4-8-18-13(15-16-17-18)11-9-19-12-6-2-1-5-10(11)12/h1-2,5-6,9H,3-4,7-8,14H2. The van der Waals surface area contributed by atoms with Gasteiger partial charge in [0.25, 0.3) is 0 Å². The summed E-state index contributed by atoms with van der Waals surface area (Å²) in [7, 11) is 0. The molecule has 0 fully saturated rings. The second kappa shape index (κ2) is 5.19. The van der Waals surface area contributed by atoms with Gasteiger partial charge in [0, 0.05) is 11.9 Å². The molecule has 0 saturated carbocycles. The Morgan fingerprint density at radius 1 is 1.21 bits per heavy atom. The molecule has 0 aliphatic carbocycles. The summed E-state index contributed by atoms with van der Waals surface area (Å²) in [6, 6.07) is 7.86. The van der Waals surface area contributed by atoms with Gasteiger partial charge in [-0.2, -0.15) is 0 Å². The molecule has 0 bridgehead atoms. The van der Waals surface area contributed by atoms with Crippen LogP contribution in [-0.2, 0) is 6.54 Å². The number of benzene rings is 1. The summed E-state index contributed by atoms with van der Waals surface area (Å²) in [6.07, 6.45) is 3.63. The fraction of sp³-hybridized carbons (Fsp3) is 0.308. The van der Waals surface area contributed by atoms with E-state index in [1.54, 1.807) is 10.9 Å². The summed E-state index contributed by atoms with van der Waals surface area (Å²) in [4.78, 5) is 0. The minimum Gasteiger partial charge on any atom is -0.464 e. The SMILES string of the molecule is NCCCCn1nnnc1-c1coc2ccccc12. The van der Waals surface area contributed by atoms with Crippen LogP contribution >= 0.6 is 0 Å². The molecule has 2 heterocycles. The van der Waals surface area contributed by atoms with Crippen molar-refractivity contribution in [3.63, 3.8) is 0 Å². The van der Waals surface area contributed by atoms with Crippen LogP contribution < -0.4 is 5.73 Å². The van der Waals surface area contributed by atoms with E-state index in [0.717, 1.165) is 41.7 Å². The summed E-state index contributed by atoms with van der Waals surface area (Å²) >= 11 is 0. The first-order chi connectivity index (χ1) is 9.40. The number of furan rings is 1. The maximum Gasteiger partial charge on any atom is 0.185 e. The number of para-hydroxylation sites is 1. The number of tetrazole rings is 1. The van der Waals surface area contributed by atoms with Crippen molar-refractivity contribution in [2.45, 2.75) is 19.4 Å².